The minimum Gasteiger partial charge on any atom is -0.497 e. The lowest BCUT2D eigenvalue weighted by molar-refractivity contribution is -0.122. The van der Waals surface area contributed by atoms with Crippen molar-refractivity contribution in [2.24, 2.45) is 0 Å². The molecular formula is C19H14Cl2N2O5. The van der Waals surface area contributed by atoms with Gasteiger partial charge in [0.2, 0.25) is 0 Å². The lowest BCUT2D eigenvalue weighted by Gasteiger charge is -2.27. The molecule has 1 fully saturated rings. The van der Waals surface area contributed by atoms with E-state index in [9.17, 15) is 14.4 Å². The van der Waals surface area contributed by atoms with Gasteiger partial charge >= 0.3 is 6.03 Å². The molecule has 9 heteroatoms. The maximum Gasteiger partial charge on any atom is 0.336 e. The Morgan fingerprint density at radius 1 is 1.00 bits per heavy atom. The Morgan fingerprint density at radius 3 is 2.29 bits per heavy atom. The number of nitrogens with one attached hydrogen (secondary N) is 1. The van der Waals surface area contributed by atoms with Gasteiger partial charge in [0.25, 0.3) is 11.8 Å². The molecule has 144 valence electrons. The second-order valence-corrected chi connectivity index (χ2v) is 6.45. The number of hydrogen-bond acceptors (Lipinski definition) is 5. The van der Waals surface area contributed by atoms with E-state index >= 15 is 0 Å². The molecule has 0 aliphatic carbocycles. The third-order valence-electron chi connectivity index (χ3n) is 4.02. The summed E-state index contributed by atoms with van der Waals surface area (Å²) in [7, 11) is 2.83. The van der Waals surface area contributed by atoms with Crippen molar-refractivity contribution in [1.29, 1.82) is 0 Å². The summed E-state index contributed by atoms with van der Waals surface area (Å²) < 4.78 is 10.4. The zero-order valence-corrected chi connectivity index (χ0v) is 16.3. The summed E-state index contributed by atoms with van der Waals surface area (Å²) in [6.45, 7) is 0. The van der Waals surface area contributed by atoms with Crippen LogP contribution in [0.5, 0.6) is 11.5 Å². The maximum atomic E-state index is 13.0. The molecule has 0 saturated carbocycles. The molecule has 1 heterocycles. The first kappa shape index (κ1) is 19.7. The Bertz CT molecular complexity index is 999. The number of benzene rings is 2. The van der Waals surface area contributed by atoms with E-state index in [1.165, 1.54) is 26.4 Å². The number of nitrogens with zero attached hydrogens (tertiary/aromatic N) is 1. The van der Waals surface area contributed by atoms with E-state index < -0.39 is 17.8 Å². The molecule has 1 aliphatic rings. The monoisotopic (exact) mass is 420 g/mol. The van der Waals surface area contributed by atoms with Gasteiger partial charge in [-0.05, 0) is 30.3 Å². The first-order chi connectivity index (χ1) is 13.4. The van der Waals surface area contributed by atoms with E-state index in [4.69, 9.17) is 32.7 Å². The van der Waals surface area contributed by atoms with Gasteiger partial charge in [0.15, 0.2) is 0 Å². The second kappa shape index (κ2) is 7.92. The highest BCUT2D eigenvalue weighted by atomic mass is 35.5. The van der Waals surface area contributed by atoms with Crippen molar-refractivity contribution < 1.29 is 23.9 Å². The molecule has 0 unspecified atom stereocenters. The van der Waals surface area contributed by atoms with Crippen LogP contribution in [-0.2, 0) is 9.59 Å². The van der Waals surface area contributed by atoms with Crippen LogP contribution < -0.4 is 19.7 Å². The number of carbonyl (C=O) groups excluding carboxylic acids is 3. The maximum absolute atomic E-state index is 13.0. The Kier molecular flexibility index (Phi) is 5.58. The van der Waals surface area contributed by atoms with Crippen molar-refractivity contribution in [2.75, 3.05) is 19.1 Å². The van der Waals surface area contributed by atoms with Crippen molar-refractivity contribution in [3.63, 3.8) is 0 Å². The number of ether oxygens (including phenoxy) is 2. The van der Waals surface area contributed by atoms with Crippen LogP contribution in [0.25, 0.3) is 6.08 Å². The third kappa shape index (κ3) is 3.54. The van der Waals surface area contributed by atoms with Crippen molar-refractivity contribution in [3.8, 4) is 11.5 Å². The molecule has 3 rings (SSSR count). The van der Waals surface area contributed by atoms with Crippen molar-refractivity contribution in [2.45, 2.75) is 0 Å². The lowest BCUT2D eigenvalue weighted by Crippen LogP contribution is -2.54. The van der Waals surface area contributed by atoms with Crippen LogP contribution in [-0.4, -0.2) is 32.1 Å². The summed E-state index contributed by atoms with van der Waals surface area (Å²) in [5.41, 5.74) is 0.101. The van der Waals surface area contributed by atoms with E-state index in [1.54, 1.807) is 30.3 Å². The molecule has 28 heavy (non-hydrogen) atoms. The van der Waals surface area contributed by atoms with Crippen molar-refractivity contribution in [3.05, 3.63) is 57.6 Å². The van der Waals surface area contributed by atoms with Crippen LogP contribution in [0.1, 0.15) is 5.56 Å². The summed E-state index contributed by atoms with van der Waals surface area (Å²) in [5, 5.41) is 2.64. The van der Waals surface area contributed by atoms with Crippen LogP contribution in [0, 0.1) is 0 Å². The van der Waals surface area contributed by atoms with Gasteiger partial charge in [-0.3, -0.25) is 14.9 Å². The molecular weight excluding hydrogens is 407 g/mol. The van der Waals surface area contributed by atoms with Crippen molar-refractivity contribution >= 4 is 52.8 Å². The van der Waals surface area contributed by atoms with Crippen LogP contribution in [0.2, 0.25) is 10.0 Å². The number of anilines is 1. The number of urea groups is 1. The lowest BCUT2D eigenvalue weighted by atomic mass is 10.1. The van der Waals surface area contributed by atoms with Gasteiger partial charge in [0.05, 0.1) is 19.9 Å². The van der Waals surface area contributed by atoms with Gasteiger partial charge in [-0.25, -0.2) is 9.69 Å². The molecule has 4 amide bonds. The standard InChI is InChI=1S/C19H14Cl2N2O5/c1-27-10-6-7-16(28-2)15(8-10)23-18(25)12(17(24)22-19(23)26)9-11-13(20)4-3-5-14(11)21/h3-9H,1-2H3,(H,22,24,26)/b12-9-. The number of barbiturate groups is 1. The van der Waals surface area contributed by atoms with Crippen LogP contribution in [0.4, 0.5) is 10.5 Å². The number of imide groups is 2. The minimum absolute atomic E-state index is 0.119. The highest BCUT2D eigenvalue weighted by molar-refractivity contribution is 6.41. The van der Waals surface area contributed by atoms with E-state index in [0.29, 0.717) is 5.75 Å². The molecule has 1 saturated heterocycles. The van der Waals surface area contributed by atoms with Crippen LogP contribution in [0.15, 0.2) is 42.0 Å². The van der Waals surface area contributed by atoms with Gasteiger partial charge < -0.3 is 9.47 Å². The Hall–Kier alpha value is -3.03. The van der Waals surface area contributed by atoms with Gasteiger partial charge in [-0.2, -0.15) is 0 Å². The minimum atomic E-state index is -0.913. The smallest absolute Gasteiger partial charge is 0.336 e. The van der Waals surface area contributed by atoms with E-state index in [1.807, 2.05) is 0 Å². The average Bonchev–Trinajstić information content (AvgIpc) is 2.66. The molecule has 2 aromatic rings. The fourth-order valence-corrected chi connectivity index (χ4v) is 3.15. The zero-order valence-electron chi connectivity index (χ0n) is 14.8. The predicted molar refractivity (Wildman–Crippen MR) is 105 cm³/mol. The quantitative estimate of drug-likeness (QED) is 0.602. The fraction of sp³-hybridized carbons (Fsp3) is 0.105. The fourth-order valence-electron chi connectivity index (χ4n) is 2.64. The average molecular weight is 421 g/mol. The highest BCUT2D eigenvalue weighted by Crippen LogP contribution is 2.35. The second-order valence-electron chi connectivity index (χ2n) is 5.63. The number of carbonyl (C=O) groups is 3. The normalized spacial score (nSPS) is 15.6. The Labute approximate surface area is 170 Å². The molecule has 7 nitrogen and oxygen atoms in total. The topological polar surface area (TPSA) is 84.9 Å². The number of amides is 4. The van der Waals surface area contributed by atoms with Gasteiger partial charge in [-0.1, -0.05) is 29.3 Å². The van der Waals surface area contributed by atoms with Crippen molar-refractivity contribution in [1.82, 2.24) is 5.32 Å². The van der Waals surface area contributed by atoms with Gasteiger partial charge in [0.1, 0.15) is 17.1 Å². The number of hydrogen-bond donors (Lipinski definition) is 1. The van der Waals surface area contributed by atoms with Gasteiger partial charge in [-0.15, -0.1) is 0 Å². The Morgan fingerprint density at radius 2 is 1.68 bits per heavy atom. The third-order valence-corrected chi connectivity index (χ3v) is 4.68. The SMILES string of the molecule is COc1ccc(OC)c(N2C(=O)NC(=O)/C(=C/c3c(Cl)cccc3Cl)C2=O)c1. The Balaban J connectivity index is 2.13. The van der Waals surface area contributed by atoms with Crippen LogP contribution >= 0.6 is 23.2 Å². The number of rotatable bonds is 4. The summed E-state index contributed by atoms with van der Waals surface area (Å²) in [5.74, 6) is -1.07. The van der Waals surface area contributed by atoms with E-state index in [0.717, 1.165) is 4.90 Å². The zero-order chi connectivity index (χ0) is 20.4. The summed E-state index contributed by atoms with van der Waals surface area (Å²) >= 11 is 12.2. The first-order valence-corrected chi connectivity index (χ1v) is 8.70. The van der Waals surface area contributed by atoms with Crippen LogP contribution in [0.3, 0.4) is 0 Å². The molecule has 0 spiro atoms. The molecule has 2 aromatic carbocycles. The molecule has 0 aromatic heterocycles. The molecule has 0 atom stereocenters. The number of methoxy groups -OCH3 is 2. The summed E-state index contributed by atoms with van der Waals surface area (Å²) in [6, 6.07) is 8.46. The molecule has 1 N–H and O–H groups in total. The summed E-state index contributed by atoms with van der Waals surface area (Å²) in [4.78, 5) is 38.5. The van der Waals surface area contributed by atoms with Gasteiger partial charge in [0, 0.05) is 21.7 Å². The molecule has 1 aliphatic heterocycles. The largest absolute Gasteiger partial charge is 0.497 e. The number of halogens is 2. The molecule has 0 radical (unpaired) electrons. The first-order valence-electron chi connectivity index (χ1n) is 7.95. The van der Waals surface area contributed by atoms with E-state index in [-0.39, 0.29) is 32.6 Å². The highest BCUT2D eigenvalue weighted by Gasteiger charge is 2.38. The van der Waals surface area contributed by atoms with E-state index in [2.05, 4.69) is 5.32 Å². The summed E-state index contributed by atoms with van der Waals surface area (Å²) in [6.07, 6.45) is 1.24. The molecule has 0 bridgehead atoms. The predicted octanol–water partition coefficient (Wildman–Crippen LogP) is 3.68.